The molecule has 7 heteroatoms. The van der Waals surface area contributed by atoms with Crippen molar-refractivity contribution in [1.82, 2.24) is 5.32 Å². The third kappa shape index (κ3) is 3.71. The third-order valence-electron chi connectivity index (χ3n) is 2.85. The monoisotopic (exact) mass is 296 g/mol. The Hall–Kier alpha value is -2.08. The van der Waals surface area contributed by atoms with Crippen molar-refractivity contribution >= 4 is 35.1 Å². The Bertz CT molecular complexity index is 569. The minimum Gasteiger partial charge on any atom is -0.478 e. The van der Waals surface area contributed by atoms with E-state index in [0.717, 1.165) is 12.8 Å². The normalized spacial score (nSPS) is 13.7. The fraction of sp³-hybridized carbons (Fsp3) is 0.308. The highest BCUT2D eigenvalue weighted by Crippen LogP contribution is 2.28. The summed E-state index contributed by atoms with van der Waals surface area (Å²) in [5.74, 6) is -1.68. The molecule has 0 spiro atoms. The molecule has 0 saturated heterocycles. The van der Waals surface area contributed by atoms with Crippen molar-refractivity contribution in [2.45, 2.75) is 12.8 Å². The van der Waals surface area contributed by atoms with Gasteiger partial charge < -0.3 is 15.7 Å². The predicted molar refractivity (Wildman–Crippen MR) is 72.8 cm³/mol. The molecule has 0 bridgehead atoms. The van der Waals surface area contributed by atoms with Gasteiger partial charge >= 0.3 is 5.97 Å². The molecule has 1 aromatic carbocycles. The highest BCUT2D eigenvalue weighted by molar-refractivity contribution is 6.33. The Kier molecular flexibility index (Phi) is 4.24. The van der Waals surface area contributed by atoms with Crippen LogP contribution < -0.4 is 10.6 Å². The number of carbonyl (C=O) groups excluding carboxylic acids is 2. The van der Waals surface area contributed by atoms with Gasteiger partial charge in [-0.15, -0.1) is 0 Å². The fourth-order valence-electron chi connectivity index (χ4n) is 1.63. The van der Waals surface area contributed by atoms with Gasteiger partial charge in [0, 0.05) is 11.6 Å². The van der Waals surface area contributed by atoms with E-state index in [4.69, 9.17) is 16.7 Å². The summed E-state index contributed by atoms with van der Waals surface area (Å²) in [4.78, 5) is 33.9. The van der Waals surface area contributed by atoms with Gasteiger partial charge in [-0.2, -0.15) is 0 Å². The van der Waals surface area contributed by atoms with Crippen molar-refractivity contribution in [1.29, 1.82) is 0 Å². The number of hydrogen-bond acceptors (Lipinski definition) is 3. The number of anilines is 1. The molecule has 0 radical (unpaired) electrons. The predicted octanol–water partition coefficient (Wildman–Crippen LogP) is 1.50. The maximum Gasteiger partial charge on any atom is 0.337 e. The average molecular weight is 297 g/mol. The van der Waals surface area contributed by atoms with Gasteiger partial charge in [-0.05, 0) is 31.0 Å². The number of halogens is 1. The highest BCUT2D eigenvalue weighted by Gasteiger charge is 2.29. The zero-order valence-corrected chi connectivity index (χ0v) is 11.2. The average Bonchev–Trinajstić information content (AvgIpc) is 3.22. The van der Waals surface area contributed by atoms with Gasteiger partial charge in [0.25, 0.3) is 0 Å². The lowest BCUT2D eigenvalue weighted by Gasteiger charge is -2.08. The van der Waals surface area contributed by atoms with Crippen LogP contribution in [0.2, 0.25) is 5.02 Å². The van der Waals surface area contributed by atoms with E-state index in [-0.39, 0.29) is 29.0 Å². The van der Waals surface area contributed by atoms with E-state index in [2.05, 4.69) is 10.6 Å². The number of aromatic carboxylic acids is 1. The number of carbonyl (C=O) groups is 3. The molecule has 0 aliphatic heterocycles. The van der Waals surface area contributed by atoms with E-state index >= 15 is 0 Å². The summed E-state index contributed by atoms with van der Waals surface area (Å²) >= 11 is 5.72. The van der Waals surface area contributed by atoms with Crippen molar-refractivity contribution in [3.8, 4) is 0 Å². The third-order valence-corrected chi connectivity index (χ3v) is 3.18. The molecular weight excluding hydrogens is 284 g/mol. The maximum atomic E-state index is 11.6. The van der Waals surface area contributed by atoms with E-state index in [9.17, 15) is 14.4 Å². The molecule has 2 rings (SSSR count). The van der Waals surface area contributed by atoms with Gasteiger partial charge in [-0.3, -0.25) is 9.59 Å². The Morgan fingerprint density at radius 3 is 2.60 bits per heavy atom. The molecular formula is C13H13ClN2O4. The van der Waals surface area contributed by atoms with Crippen LogP contribution in [0.3, 0.4) is 0 Å². The van der Waals surface area contributed by atoms with Gasteiger partial charge in [0.2, 0.25) is 11.8 Å². The zero-order valence-electron chi connectivity index (χ0n) is 10.5. The van der Waals surface area contributed by atoms with Crippen molar-refractivity contribution in [2.75, 3.05) is 11.9 Å². The second-order valence-corrected chi connectivity index (χ2v) is 4.95. The lowest BCUT2D eigenvalue weighted by atomic mass is 10.2. The first-order chi connectivity index (χ1) is 9.47. The topological polar surface area (TPSA) is 95.5 Å². The zero-order chi connectivity index (χ0) is 14.7. The molecule has 1 aliphatic rings. The second-order valence-electron chi connectivity index (χ2n) is 4.54. The smallest absolute Gasteiger partial charge is 0.337 e. The molecule has 1 aromatic rings. The molecule has 1 saturated carbocycles. The van der Waals surface area contributed by atoms with Crippen LogP contribution in [0.15, 0.2) is 18.2 Å². The molecule has 6 nitrogen and oxygen atoms in total. The van der Waals surface area contributed by atoms with Crippen LogP contribution in [-0.2, 0) is 9.59 Å². The van der Waals surface area contributed by atoms with Crippen LogP contribution in [0.25, 0.3) is 0 Å². The molecule has 0 unspecified atom stereocenters. The van der Waals surface area contributed by atoms with Crippen molar-refractivity contribution in [3.05, 3.63) is 28.8 Å². The van der Waals surface area contributed by atoms with E-state index < -0.39 is 11.9 Å². The van der Waals surface area contributed by atoms with Crippen molar-refractivity contribution in [2.24, 2.45) is 5.92 Å². The van der Waals surface area contributed by atoms with Crippen molar-refractivity contribution < 1.29 is 19.5 Å². The van der Waals surface area contributed by atoms with Gasteiger partial charge in [-0.25, -0.2) is 4.79 Å². The SMILES string of the molecule is O=C(CNC(=O)C1CC1)Nc1ccc(Cl)c(C(=O)O)c1. The van der Waals surface area contributed by atoms with Crippen LogP contribution in [0.4, 0.5) is 5.69 Å². The standard InChI is InChI=1S/C13H13ClN2O4/c14-10-4-3-8(5-9(10)13(19)20)16-11(17)6-15-12(18)7-1-2-7/h3-5,7H,1-2,6H2,(H,15,18)(H,16,17)(H,19,20). The molecule has 2 amide bonds. The quantitative estimate of drug-likeness (QED) is 0.767. The summed E-state index contributed by atoms with van der Waals surface area (Å²) in [5, 5.41) is 14.0. The largest absolute Gasteiger partial charge is 0.478 e. The first kappa shape index (κ1) is 14.3. The van der Waals surface area contributed by atoms with Gasteiger partial charge in [-0.1, -0.05) is 11.6 Å². The first-order valence-corrected chi connectivity index (χ1v) is 6.45. The summed E-state index contributed by atoms with van der Waals surface area (Å²) in [6.45, 7) is -0.139. The first-order valence-electron chi connectivity index (χ1n) is 6.08. The van der Waals surface area contributed by atoms with Crippen LogP contribution in [-0.4, -0.2) is 29.4 Å². The molecule has 106 valence electrons. The second kappa shape index (κ2) is 5.92. The lowest BCUT2D eigenvalue weighted by molar-refractivity contribution is -0.125. The summed E-state index contributed by atoms with van der Waals surface area (Å²) < 4.78 is 0. The Balaban J connectivity index is 1.91. The molecule has 1 aliphatic carbocycles. The van der Waals surface area contributed by atoms with Gasteiger partial charge in [0.05, 0.1) is 17.1 Å². The lowest BCUT2D eigenvalue weighted by Crippen LogP contribution is -2.33. The summed E-state index contributed by atoms with van der Waals surface area (Å²) in [5.41, 5.74) is 0.226. The molecule has 0 heterocycles. The number of nitrogens with one attached hydrogen (secondary N) is 2. The number of carboxylic acids is 1. The summed E-state index contributed by atoms with van der Waals surface area (Å²) in [7, 11) is 0. The fourth-order valence-corrected chi connectivity index (χ4v) is 1.83. The van der Waals surface area contributed by atoms with Crippen LogP contribution >= 0.6 is 11.6 Å². The van der Waals surface area contributed by atoms with Crippen LogP contribution in [0, 0.1) is 5.92 Å². The Morgan fingerprint density at radius 2 is 2.00 bits per heavy atom. The van der Waals surface area contributed by atoms with Gasteiger partial charge in [0.15, 0.2) is 0 Å². The molecule has 20 heavy (non-hydrogen) atoms. The minimum atomic E-state index is -1.17. The van der Waals surface area contributed by atoms with Crippen LogP contribution in [0.5, 0.6) is 0 Å². The number of hydrogen-bond donors (Lipinski definition) is 3. The number of amides is 2. The van der Waals surface area contributed by atoms with E-state index in [1.165, 1.54) is 18.2 Å². The number of rotatable bonds is 5. The number of carboxylic acid groups (broad SMARTS) is 1. The molecule has 0 atom stereocenters. The summed E-state index contributed by atoms with van der Waals surface area (Å²) in [6, 6.07) is 4.16. The van der Waals surface area contributed by atoms with Gasteiger partial charge in [0.1, 0.15) is 0 Å². The number of benzene rings is 1. The Morgan fingerprint density at radius 1 is 1.30 bits per heavy atom. The molecule has 1 fully saturated rings. The van der Waals surface area contributed by atoms with E-state index in [0.29, 0.717) is 5.69 Å². The minimum absolute atomic E-state index is 0.0388. The molecule has 3 N–H and O–H groups in total. The summed E-state index contributed by atoms with van der Waals surface area (Å²) in [6.07, 6.45) is 1.74. The maximum absolute atomic E-state index is 11.6. The van der Waals surface area contributed by atoms with Crippen LogP contribution in [0.1, 0.15) is 23.2 Å². The highest BCUT2D eigenvalue weighted by atomic mass is 35.5. The van der Waals surface area contributed by atoms with Crippen molar-refractivity contribution in [3.63, 3.8) is 0 Å². The molecule has 0 aromatic heterocycles. The van der Waals surface area contributed by atoms with E-state index in [1.54, 1.807) is 0 Å². The van der Waals surface area contributed by atoms with E-state index in [1.807, 2.05) is 0 Å². The Labute approximate surface area is 120 Å².